The van der Waals surface area contributed by atoms with Gasteiger partial charge >= 0.3 is 0 Å². The van der Waals surface area contributed by atoms with Gasteiger partial charge in [0.25, 0.3) is 0 Å². The van der Waals surface area contributed by atoms with Crippen LogP contribution in [0.4, 0.5) is 5.69 Å². The van der Waals surface area contributed by atoms with Gasteiger partial charge in [-0.15, -0.1) is 11.8 Å². The van der Waals surface area contributed by atoms with Crippen molar-refractivity contribution in [3.05, 3.63) is 23.8 Å². The van der Waals surface area contributed by atoms with Crippen molar-refractivity contribution in [2.75, 3.05) is 11.1 Å². The van der Waals surface area contributed by atoms with Crippen LogP contribution in [0.3, 0.4) is 0 Å². The molecule has 0 saturated carbocycles. The molecule has 1 N–H and O–H groups in total. The molecule has 1 atom stereocenters. The third kappa shape index (κ3) is 2.15. The van der Waals surface area contributed by atoms with Crippen molar-refractivity contribution in [1.29, 1.82) is 0 Å². The summed E-state index contributed by atoms with van der Waals surface area (Å²) in [4.78, 5) is 1.42. The molecule has 0 fully saturated rings. The van der Waals surface area contributed by atoms with E-state index in [1.807, 2.05) is 11.8 Å². The van der Waals surface area contributed by atoms with E-state index in [1.54, 1.807) is 0 Å². The molecule has 0 bridgehead atoms. The van der Waals surface area contributed by atoms with E-state index in [2.05, 4.69) is 44.3 Å². The van der Waals surface area contributed by atoms with Crippen LogP contribution in [0.5, 0.6) is 0 Å². The van der Waals surface area contributed by atoms with Gasteiger partial charge in [0, 0.05) is 16.7 Å². The number of para-hydroxylation sites is 1. The van der Waals surface area contributed by atoms with E-state index in [4.69, 9.17) is 0 Å². The van der Waals surface area contributed by atoms with Gasteiger partial charge in [0.1, 0.15) is 0 Å². The molecule has 1 aromatic rings. The van der Waals surface area contributed by atoms with Gasteiger partial charge < -0.3 is 5.32 Å². The van der Waals surface area contributed by atoms with Crippen LogP contribution >= 0.6 is 11.8 Å². The first kappa shape index (κ1) is 10.9. The third-order valence-corrected chi connectivity index (χ3v) is 4.18. The number of anilines is 1. The zero-order chi connectivity index (χ0) is 10.8. The molecule has 1 heterocycles. The summed E-state index contributed by atoms with van der Waals surface area (Å²) < 4.78 is 0. The molecule has 15 heavy (non-hydrogen) atoms. The van der Waals surface area contributed by atoms with Crippen LogP contribution in [0.2, 0.25) is 0 Å². The Labute approximate surface area is 96.7 Å². The van der Waals surface area contributed by atoms with Gasteiger partial charge in [-0.3, -0.25) is 0 Å². The van der Waals surface area contributed by atoms with Crippen molar-refractivity contribution in [1.82, 2.24) is 0 Å². The van der Waals surface area contributed by atoms with Gasteiger partial charge in [0.2, 0.25) is 0 Å². The zero-order valence-corrected chi connectivity index (χ0v) is 10.5. The molecule has 1 nitrogen and oxygen atoms in total. The second-order valence-corrected chi connectivity index (χ2v) is 5.50. The predicted octanol–water partition coefficient (Wildman–Crippen LogP) is 4.11. The molecule has 1 unspecified atom stereocenters. The summed E-state index contributed by atoms with van der Waals surface area (Å²) in [6, 6.07) is 7.29. The molecule has 2 rings (SSSR count). The van der Waals surface area contributed by atoms with Gasteiger partial charge in [0.15, 0.2) is 0 Å². The minimum Gasteiger partial charge on any atom is -0.380 e. The summed E-state index contributed by atoms with van der Waals surface area (Å²) >= 11 is 1.99. The van der Waals surface area contributed by atoms with Crippen LogP contribution in [-0.4, -0.2) is 11.8 Å². The molecule has 0 saturated heterocycles. The zero-order valence-electron chi connectivity index (χ0n) is 9.71. The van der Waals surface area contributed by atoms with Crippen LogP contribution in [0, 0.1) is 0 Å². The van der Waals surface area contributed by atoms with Crippen LogP contribution in [-0.2, 0) is 0 Å². The monoisotopic (exact) mass is 221 g/mol. The molecule has 0 radical (unpaired) electrons. The van der Waals surface area contributed by atoms with E-state index >= 15 is 0 Å². The van der Waals surface area contributed by atoms with Crippen molar-refractivity contribution >= 4 is 17.4 Å². The lowest BCUT2D eigenvalue weighted by Gasteiger charge is -2.28. The van der Waals surface area contributed by atoms with Gasteiger partial charge in [-0.1, -0.05) is 32.9 Å². The summed E-state index contributed by atoms with van der Waals surface area (Å²) in [6.45, 7) is 6.77. The molecule has 0 aliphatic carbocycles. The fourth-order valence-electron chi connectivity index (χ4n) is 1.96. The van der Waals surface area contributed by atoms with Crippen molar-refractivity contribution in [3.63, 3.8) is 0 Å². The smallest absolute Gasteiger partial charge is 0.0515 e. The molecule has 2 heteroatoms. The van der Waals surface area contributed by atoms with Crippen molar-refractivity contribution in [2.24, 2.45) is 0 Å². The number of thioether (sulfide) groups is 1. The minimum absolute atomic E-state index is 0.601. The highest BCUT2D eigenvalue weighted by Crippen LogP contribution is 2.38. The Morgan fingerprint density at radius 2 is 2.27 bits per heavy atom. The Bertz CT molecular complexity index is 346. The van der Waals surface area contributed by atoms with E-state index < -0.39 is 0 Å². The number of fused-ring (bicyclic) bond motifs is 1. The lowest BCUT2D eigenvalue weighted by atomic mass is 10.0. The average Bonchev–Trinajstić information content (AvgIpc) is 2.27. The molecule has 0 amide bonds. The molecule has 82 valence electrons. The first-order valence-electron chi connectivity index (χ1n) is 5.74. The molecule has 1 aromatic carbocycles. The molecule has 1 aliphatic rings. The van der Waals surface area contributed by atoms with Gasteiger partial charge in [0.05, 0.1) is 5.69 Å². The molecule has 0 spiro atoms. The minimum atomic E-state index is 0.601. The van der Waals surface area contributed by atoms with E-state index in [0.29, 0.717) is 12.0 Å². The number of hydrogen-bond donors (Lipinski definition) is 1. The fraction of sp³-hybridized carbons (Fsp3) is 0.538. The van der Waals surface area contributed by atoms with Crippen LogP contribution in [0.15, 0.2) is 23.1 Å². The van der Waals surface area contributed by atoms with E-state index in [0.717, 1.165) is 0 Å². The number of hydrogen-bond acceptors (Lipinski definition) is 2. The molecular weight excluding hydrogens is 202 g/mol. The maximum atomic E-state index is 3.68. The topological polar surface area (TPSA) is 12.0 Å². The predicted molar refractivity (Wildman–Crippen MR) is 69.0 cm³/mol. The summed E-state index contributed by atoms with van der Waals surface area (Å²) in [5.74, 6) is 1.80. The summed E-state index contributed by atoms with van der Waals surface area (Å²) in [6.07, 6.45) is 1.21. The highest BCUT2D eigenvalue weighted by molar-refractivity contribution is 7.99. The highest BCUT2D eigenvalue weighted by atomic mass is 32.2. The Kier molecular flexibility index (Phi) is 3.25. The lowest BCUT2D eigenvalue weighted by molar-refractivity contribution is 0.755. The SMILES string of the molecule is CCC1CSc2cccc(C(C)C)c2N1. The quantitative estimate of drug-likeness (QED) is 0.806. The normalized spacial score (nSPS) is 19.9. The van der Waals surface area contributed by atoms with E-state index in [9.17, 15) is 0 Å². The van der Waals surface area contributed by atoms with Crippen molar-refractivity contribution in [3.8, 4) is 0 Å². The second-order valence-electron chi connectivity index (χ2n) is 4.44. The number of rotatable bonds is 2. The largest absolute Gasteiger partial charge is 0.380 e. The van der Waals surface area contributed by atoms with Gasteiger partial charge in [-0.05, 0) is 24.0 Å². The number of nitrogens with one attached hydrogen (secondary N) is 1. The van der Waals surface area contributed by atoms with Crippen molar-refractivity contribution in [2.45, 2.75) is 44.0 Å². The maximum absolute atomic E-state index is 3.68. The third-order valence-electron chi connectivity index (χ3n) is 2.96. The van der Waals surface area contributed by atoms with Crippen LogP contribution in [0.25, 0.3) is 0 Å². The number of benzene rings is 1. The van der Waals surface area contributed by atoms with Gasteiger partial charge in [-0.2, -0.15) is 0 Å². The van der Waals surface area contributed by atoms with E-state index in [1.165, 1.54) is 28.3 Å². The summed E-state index contributed by atoms with van der Waals surface area (Å²) in [7, 11) is 0. The first-order chi connectivity index (χ1) is 7.22. The Morgan fingerprint density at radius 3 is 2.93 bits per heavy atom. The average molecular weight is 221 g/mol. The summed E-state index contributed by atoms with van der Waals surface area (Å²) in [5.41, 5.74) is 2.84. The van der Waals surface area contributed by atoms with Gasteiger partial charge in [-0.25, -0.2) is 0 Å². The van der Waals surface area contributed by atoms with E-state index in [-0.39, 0.29) is 0 Å². The van der Waals surface area contributed by atoms with Crippen LogP contribution < -0.4 is 5.32 Å². The van der Waals surface area contributed by atoms with Crippen molar-refractivity contribution < 1.29 is 0 Å². The van der Waals surface area contributed by atoms with Crippen LogP contribution in [0.1, 0.15) is 38.7 Å². The molecule has 1 aliphatic heterocycles. The summed E-state index contributed by atoms with van der Waals surface area (Å²) in [5, 5.41) is 3.68. The fourth-order valence-corrected chi connectivity index (χ4v) is 3.16. The first-order valence-corrected chi connectivity index (χ1v) is 6.73. The Hall–Kier alpha value is -0.630. The molecular formula is C13H19NS. The molecule has 0 aromatic heterocycles. The highest BCUT2D eigenvalue weighted by Gasteiger charge is 2.19. The standard InChI is InChI=1S/C13H19NS/c1-4-10-8-15-12-7-5-6-11(9(2)3)13(12)14-10/h5-7,9-10,14H,4,8H2,1-3H3. The Morgan fingerprint density at radius 1 is 1.47 bits per heavy atom. The maximum Gasteiger partial charge on any atom is 0.0515 e. The second kappa shape index (κ2) is 4.48. The Balaban J connectivity index is 2.36. The lowest BCUT2D eigenvalue weighted by Crippen LogP contribution is -2.25.